The van der Waals surface area contributed by atoms with E-state index in [9.17, 15) is 23.2 Å². The molecule has 4 aliphatic carbocycles. The summed E-state index contributed by atoms with van der Waals surface area (Å²) in [5.41, 5.74) is -0.280. The highest BCUT2D eigenvalue weighted by molar-refractivity contribution is 5.98. The van der Waals surface area contributed by atoms with Gasteiger partial charge < -0.3 is 15.5 Å². The van der Waals surface area contributed by atoms with Crippen LogP contribution in [0.5, 0.6) is 0 Å². The molecule has 6 nitrogen and oxygen atoms in total. The van der Waals surface area contributed by atoms with Crippen LogP contribution in [0.3, 0.4) is 0 Å². The van der Waals surface area contributed by atoms with Gasteiger partial charge in [-0.15, -0.1) is 0 Å². The zero-order chi connectivity index (χ0) is 23.9. The Hall–Kier alpha value is -2.51. The number of nitrogens with zero attached hydrogens (tertiary/aromatic N) is 1. The Morgan fingerprint density at radius 3 is 2.21 bits per heavy atom. The molecule has 0 spiro atoms. The average Bonchev–Trinajstić information content (AvgIpc) is 2.79. The zero-order valence-electron chi connectivity index (χ0n) is 19.5. The number of nitrogens with one attached hydrogen (secondary N) is 2. The summed E-state index contributed by atoms with van der Waals surface area (Å²) in [5, 5.41) is 6.11. The molecule has 1 aromatic carbocycles. The van der Waals surface area contributed by atoms with E-state index in [4.69, 9.17) is 0 Å². The minimum absolute atomic E-state index is 0.0571. The molecule has 5 fully saturated rings. The first-order valence-electron chi connectivity index (χ1n) is 12.6. The van der Waals surface area contributed by atoms with Crippen LogP contribution in [-0.4, -0.2) is 47.8 Å². The highest BCUT2D eigenvalue weighted by atomic mass is 19.1. The molecule has 0 unspecified atom stereocenters. The SMILES string of the molecule is O=C(NCCC(=O)N1CCC(C(=O)c2cc(F)ccc2F)CC1)NC12CC3CC(CC(C3)C1)C2. The van der Waals surface area contributed by atoms with Crippen LogP contribution >= 0.6 is 0 Å². The monoisotopic (exact) mass is 473 g/mol. The molecule has 4 bridgehead atoms. The number of piperidine rings is 1. The van der Waals surface area contributed by atoms with E-state index in [1.165, 1.54) is 19.3 Å². The summed E-state index contributed by atoms with van der Waals surface area (Å²) in [5.74, 6) is -0.0180. The van der Waals surface area contributed by atoms with E-state index in [1.807, 2.05) is 0 Å². The smallest absolute Gasteiger partial charge is 0.315 e. The standard InChI is InChI=1S/C26H33F2N3O3/c27-20-1-2-22(28)21(12-20)24(33)19-4-7-31(8-5-19)23(32)3-6-29-25(34)30-26-13-16-9-17(14-26)11-18(10-16)15-26/h1-2,12,16-19H,3-11,13-15H2,(H2,29,30,34). The average molecular weight is 474 g/mol. The van der Waals surface area contributed by atoms with Crippen LogP contribution in [0.25, 0.3) is 0 Å². The topological polar surface area (TPSA) is 78.5 Å². The van der Waals surface area contributed by atoms with Crippen molar-refractivity contribution in [3.8, 4) is 0 Å². The summed E-state index contributed by atoms with van der Waals surface area (Å²) >= 11 is 0. The lowest BCUT2D eigenvalue weighted by atomic mass is 9.53. The minimum atomic E-state index is -0.720. The van der Waals surface area contributed by atoms with Crippen LogP contribution < -0.4 is 10.6 Å². The Morgan fingerprint density at radius 2 is 1.59 bits per heavy atom. The number of amides is 3. The number of carbonyl (C=O) groups excluding carboxylic acids is 3. The molecule has 5 aliphatic rings. The predicted octanol–water partition coefficient (Wildman–Crippen LogP) is 4.04. The Bertz CT molecular complexity index is 939. The van der Waals surface area contributed by atoms with Crippen molar-refractivity contribution in [2.24, 2.45) is 23.7 Å². The van der Waals surface area contributed by atoms with Crippen molar-refractivity contribution in [1.29, 1.82) is 0 Å². The van der Waals surface area contributed by atoms with Crippen LogP contribution in [0.2, 0.25) is 0 Å². The molecule has 2 N–H and O–H groups in total. The largest absolute Gasteiger partial charge is 0.343 e. The van der Waals surface area contributed by atoms with Crippen molar-refractivity contribution in [3.05, 3.63) is 35.4 Å². The summed E-state index contributed by atoms with van der Waals surface area (Å²) in [6.45, 7) is 1.06. The molecular formula is C26H33F2N3O3. The van der Waals surface area contributed by atoms with Crippen LogP contribution in [0.15, 0.2) is 18.2 Å². The highest BCUT2D eigenvalue weighted by Gasteiger charge is 2.51. The van der Waals surface area contributed by atoms with Gasteiger partial charge in [-0.3, -0.25) is 9.59 Å². The summed E-state index contributed by atoms with van der Waals surface area (Å²) in [4.78, 5) is 39.4. The quantitative estimate of drug-likeness (QED) is 0.612. The van der Waals surface area contributed by atoms with Gasteiger partial charge >= 0.3 is 6.03 Å². The molecule has 4 saturated carbocycles. The molecule has 1 aliphatic heterocycles. The van der Waals surface area contributed by atoms with Gasteiger partial charge in [-0.2, -0.15) is 0 Å². The van der Waals surface area contributed by atoms with Gasteiger partial charge in [0.2, 0.25) is 5.91 Å². The minimum Gasteiger partial charge on any atom is -0.343 e. The first-order valence-corrected chi connectivity index (χ1v) is 12.6. The van der Waals surface area contributed by atoms with Crippen molar-refractivity contribution in [2.45, 2.75) is 63.3 Å². The number of likely N-dealkylation sites (tertiary alicyclic amines) is 1. The van der Waals surface area contributed by atoms with Crippen molar-refractivity contribution in [3.63, 3.8) is 0 Å². The van der Waals surface area contributed by atoms with E-state index in [2.05, 4.69) is 10.6 Å². The maximum atomic E-state index is 13.9. The number of Topliss-reactive ketones (excluding diaryl/α,β-unsaturated/α-hetero) is 1. The van der Waals surface area contributed by atoms with Crippen LogP contribution in [0, 0.1) is 35.3 Å². The fourth-order valence-corrected chi connectivity index (χ4v) is 7.29. The van der Waals surface area contributed by atoms with Crippen molar-refractivity contribution in [2.75, 3.05) is 19.6 Å². The third-order valence-electron chi connectivity index (χ3n) is 8.45. The van der Waals surface area contributed by atoms with E-state index in [-0.39, 0.29) is 36.0 Å². The molecule has 1 heterocycles. The molecule has 34 heavy (non-hydrogen) atoms. The van der Waals surface area contributed by atoms with Gasteiger partial charge in [-0.05, 0) is 87.3 Å². The lowest BCUT2D eigenvalue weighted by Crippen LogP contribution is -2.61. The Labute approximate surface area is 198 Å². The van der Waals surface area contributed by atoms with Crippen molar-refractivity contribution >= 4 is 17.7 Å². The predicted molar refractivity (Wildman–Crippen MR) is 122 cm³/mol. The number of ketones is 1. The molecule has 6 rings (SSSR count). The molecule has 1 saturated heterocycles. The summed E-state index contributed by atoms with van der Waals surface area (Å²) in [6.07, 6.45) is 8.23. The number of hydrogen-bond acceptors (Lipinski definition) is 3. The number of benzene rings is 1. The van der Waals surface area contributed by atoms with Gasteiger partial charge in [-0.1, -0.05) is 0 Å². The van der Waals surface area contributed by atoms with Gasteiger partial charge in [-0.25, -0.2) is 13.6 Å². The number of carbonyl (C=O) groups is 3. The van der Waals surface area contributed by atoms with Gasteiger partial charge in [0.05, 0.1) is 5.56 Å². The molecule has 3 amide bonds. The van der Waals surface area contributed by atoms with E-state index in [1.54, 1.807) is 4.90 Å². The Morgan fingerprint density at radius 1 is 0.971 bits per heavy atom. The number of hydrogen-bond donors (Lipinski definition) is 2. The third-order valence-corrected chi connectivity index (χ3v) is 8.45. The lowest BCUT2D eigenvalue weighted by molar-refractivity contribution is -0.132. The second-order valence-corrected chi connectivity index (χ2v) is 11.0. The fourth-order valence-electron chi connectivity index (χ4n) is 7.29. The molecule has 1 aromatic rings. The van der Waals surface area contributed by atoms with E-state index >= 15 is 0 Å². The molecule has 0 aromatic heterocycles. The molecule has 8 heteroatoms. The summed E-state index contributed by atoms with van der Waals surface area (Å²) in [7, 11) is 0. The maximum Gasteiger partial charge on any atom is 0.315 e. The second kappa shape index (κ2) is 9.27. The summed E-state index contributed by atoms with van der Waals surface area (Å²) < 4.78 is 27.4. The molecule has 0 atom stereocenters. The Kier molecular flexibility index (Phi) is 6.34. The normalized spacial score (nSPS) is 30.3. The second-order valence-electron chi connectivity index (χ2n) is 11.0. The van der Waals surface area contributed by atoms with Gasteiger partial charge in [0.1, 0.15) is 11.6 Å². The van der Waals surface area contributed by atoms with Gasteiger partial charge in [0.15, 0.2) is 5.78 Å². The highest BCUT2D eigenvalue weighted by Crippen LogP contribution is 2.55. The fraction of sp³-hybridized carbons (Fsp3) is 0.654. The molecule has 184 valence electrons. The zero-order valence-corrected chi connectivity index (χ0v) is 19.5. The molecular weight excluding hydrogens is 440 g/mol. The summed E-state index contributed by atoms with van der Waals surface area (Å²) in [6, 6.07) is 2.71. The third kappa shape index (κ3) is 4.82. The lowest BCUT2D eigenvalue weighted by Gasteiger charge is -2.56. The van der Waals surface area contributed by atoms with Crippen LogP contribution in [0.1, 0.15) is 68.1 Å². The Balaban J connectivity index is 1.04. The van der Waals surface area contributed by atoms with E-state index in [0.717, 1.165) is 55.2 Å². The maximum absolute atomic E-state index is 13.9. The van der Waals surface area contributed by atoms with Crippen LogP contribution in [-0.2, 0) is 4.79 Å². The van der Waals surface area contributed by atoms with Crippen molar-refractivity contribution in [1.82, 2.24) is 15.5 Å². The first-order chi connectivity index (χ1) is 16.3. The molecule has 0 radical (unpaired) electrons. The van der Waals surface area contributed by atoms with Gasteiger partial charge in [0, 0.05) is 37.5 Å². The number of urea groups is 1. The van der Waals surface area contributed by atoms with Gasteiger partial charge in [0.25, 0.3) is 0 Å². The van der Waals surface area contributed by atoms with E-state index < -0.39 is 23.3 Å². The van der Waals surface area contributed by atoms with Crippen LogP contribution in [0.4, 0.5) is 13.6 Å². The number of halogens is 2. The number of rotatable bonds is 6. The van der Waals surface area contributed by atoms with Crippen molar-refractivity contribution < 1.29 is 23.2 Å². The van der Waals surface area contributed by atoms with E-state index in [0.29, 0.717) is 25.9 Å². The first kappa shape index (κ1) is 23.2.